The number of carbonyl (C=O) groups excluding carboxylic acids is 2. The zero-order chi connectivity index (χ0) is 29.7. The van der Waals surface area contributed by atoms with E-state index in [1.54, 1.807) is 36.4 Å². The Morgan fingerprint density at radius 1 is 0.925 bits per heavy atom. The lowest BCUT2D eigenvalue weighted by Crippen LogP contribution is -2.55. The molecule has 0 bridgehead atoms. The number of anilines is 1. The van der Waals surface area contributed by atoms with Crippen molar-refractivity contribution in [3.05, 3.63) is 94.5 Å². The third-order valence-corrected chi connectivity index (χ3v) is 8.73. The van der Waals surface area contributed by atoms with E-state index >= 15 is 0 Å². The number of hydrogen-bond donors (Lipinski definition) is 1. The lowest BCUT2D eigenvalue weighted by Gasteiger charge is -2.35. The van der Waals surface area contributed by atoms with Gasteiger partial charge in [-0.25, -0.2) is 8.42 Å². The topological polar surface area (TPSA) is 86.8 Å². The second-order valence-electron chi connectivity index (χ2n) is 10.9. The molecule has 0 aliphatic rings. The van der Waals surface area contributed by atoms with Crippen LogP contribution >= 0.6 is 11.6 Å². The minimum Gasteiger partial charge on any atom is -0.350 e. The molecule has 214 valence electrons. The van der Waals surface area contributed by atoms with Gasteiger partial charge in [0.1, 0.15) is 12.6 Å². The van der Waals surface area contributed by atoms with Gasteiger partial charge in [-0.15, -0.1) is 0 Å². The minimum absolute atomic E-state index is 0.0440. The second kappa shape index (κ2) is 12.9. The molecule has 0 aromatic heterocycles. The molecular formula is C31H38ClN3O4S. The summed E-state index contributed by atoms with van der Waals surface area (Å²) in [6.45, 7) is 10.9. The van der Waals surface area contributed by atoms with E-state index in [2.05, 4.69) is 5.32 Å². The molecule has 0 saturated heterocycles. The Hall–Kier alpha value is -3.36. The molecule has 0 saturated carbocycles. The maximum Gasteiger partial charge on any atom is 0.264 e. The Morgan fingerprint density at radius 3 is 2.12 bits per heavy atom. The number of aryl methyl sites for hydroxylation is 2. The van der Waals surface area contributed by atoms with Crippen molar-refractivity contribution in [2.75, 3.05) is 10.8 Å². The van der Waals surface area contributed by atoms with E-state index in [4.69, 9.17) is 11.6 Å². The Labute approximate surface area is 243 Å². The zero-order valence-electron chi connectivity index (χ0n) is 23.9. The SMILES string of the molecule is CC[C@@H](C(=O)NC(C)(C)C)N(Cc1ccccc1C)C(=O)CN(c1ccc(C)c(Cl)c1)S(=O)(=O)c1ccccc1. The summed E-state index contributed by atoms with van der Waals surface area (Å²) in [4.78, 5) is 29.1. The predicted molar refractivity (Wildman–Crippen MR) is 161 cm³/mol. The molecule has 40 heavy (non-hydrogen) atoms. The van der Waals surface area contributed by atoms with E-state index in [-0.39, 0.29) is 23.0 Å². The Morgan fingerprint density at radius 2 is 1.55 bits per heavy atom. The van der Waals surface area contributed by atoms with Crippen molar-refractivity contribution in [2.24, 2.45) is 0 Å². The van der Waals surface area contributed by atoms with Crippen molar-refractivity contribution in [1.29, 1.82) is 0 Å². The maximum absolute atomic E-state index is 14.1. The van der Waals surface area contributed by atoms with E-state index in [1.807, 2.05) is 65.8 Å². The van der Waals surface area contributed by atoms with Gasteiger partial charge in [0.25, 0.3) is 10.0 Å². The van der Waals surface area contributed by atoms with Crippen LogP contribution in [0.5, 0.6) is 0 Å². The number of rotatable bonds is 10. The summed E-state index contributed by atoms with van der Waals surface area (Å²) in [5, 5.41) is 3.36. The minimum atomic E-state index is -4.15. The van der Waals surface area contributed by atoms with Crippen LogP contribution in [0.4, 0.5) is 5.69 Å². The molecule has 1 atom stereocenters. The monoisotopic (exact) mass is 583 g/mol. The van der Waals surface area contributed by atoms with Gasteiger partial charge in [-0.1, -0.05) is 67.1 Å². The van der Waals surface area contributed by atoms with Gasteiger partial charge in [0.15, 0.2) is 0 Å². The van der Waals surface area contributed by atoms with Crippen molar-refractivity contribution in [2.45, 2.75) is 71.0 Å². The first-order chi connectivity index (χ1) is 18.7. The van der Waals surface area contributed by atoms with Crippen LogP contribution in [-0.4, -0.2) is 43.3 Å². The van der Waals surface area contributed by atoms with Crippen LogP contribution in [0.15, 0.2) is 77.7 Å². The van der Waals surface area contributed by atoms with E-state index in [1.165, 1.54) is 17.0 Å². The lowest BCUT2D eigenvalue weighted by atomic mass is 10.0. The highest BCUT2D eigenvalue weighted by Gasteiger charge is 2.34. The van der Waals surface area contributed by atoms with Crippen molar-refractivity contribution >= 4 is 39.1 Å². The second-order valence-corrected chi connectivity index (χ2v) is 13.1. The van der Waals surface area contributed by atoms with Gasteiger partial charge >= 0.3 is 0 Å². The van der Waals surface area contributed by atoms with Gasteiger partial charge in [0.05, 0.1) is 10.6 Å². The van der Waals surface area contributed by atoms with Crippen molar-refractivity contribution < 1.29 is 18.0 Å². The summed E-state index contributed by atoms with van der Waals surface area (Å²) >= 11 is 6.38. The molecule has 0 fully saturated rings. The number of hydrogen-bond acceptors (Lipinski definition) is 4. The maximum atomic E-state index is 14.1. The Bertz CT molecular complexity index is 1450. The van der Waals surface area contributed by atoms with E-state index in [0.717, 1.165) is 21.0 Å². The molecule has 3 rings (SSSR count). The molecule has 9 heteroatoms. The van der Waals surface area contributed by atoms with Crippen LogP contribution in [0.1, 0.15) is 50.8 Å². The zero-order valence-corrected chi connectivity index (χ0v) is 25.5. The molecule has 7 nitrogen and oxygen atoms in total. The van der Waals surface area contributed by atoms with Crippen molar-refractivity contribution in [1.82, 2.24) is 10.2 Å². The normalized spacial score (nSPS) is 12.5. The molecule has 0 radical (unpaired) electrons. The van der Waals surface area contributed by atoms with Gasteiger partial charge in [0, 0.05) is 17.1 Å². The largest absolute Gasteiger partial charge is 0.350 e. The average molecular weight is 584 g/mol. The third-order valence-electron chi connectivity index (χ3n) is 6.54. The fourth-order valence-electron chi connectivity index (χ4n) is 4.33. The summed E-state index contributed by atoms with van der Waals surface area (Å²) in [6, 6.07) is 19.7. The van der Waals surface area contributed by atoms with Crippen LogP contribution < -0.4 is 9.62 Å². The van der Waals surface area contributed by atoms with Gasteiger partial charge < -0.3 is 10.2 Å². The van der Waals surface area contributed by atoms with E-state index in [0.29, 0.717) is 11.4 Å². The van der Waals surface area contributed by atoms with Gasteiger partial charge in [-0.2, -0.15) is 0 Å². The van der Waals surface area contributed by atoms with Crippen LogP contribution in [-0.2, 0) is 26.2 Å². The number of carbonyl (C=O) groups is 2. The number of sulfonamides is 1. The summed E-state index contributed by atoms with van der Waals surface area (Å²) in [5.41, 5.74) is 2.36. The summed E-state index contributed by atoms with van der Waals surface area (Å²) < 4.78 is 28.9. The standard InChI is InChI=1S/C31H38ClN3O4S/c1-7-28(30(37)33-31(4,5)6)34(20-24-14-12-11-13-22(24)2)29(36)21-35(25-18-17-23(3)27(32)19-25)40(38,39)26-15-9-8-10-16-26/h8-19,28H,7,20-21H2,1-6H3,(H,33,37)/t28-/m0/s1. The fraction of sp³-hybridized carbons (Fsp3) is 0.355. The predicted octanol–water partition coefficient (Wildman–Crippen LogP) is 5.87. The lowest BCUT2D eigenvalue weighted by molar-refractivity contribution is -0.141. The third kappa shape index (κ3) is 7.64. The van der Waals surface area contributed by atoms with Crippen LogP contribution in [0, 0.1) is 13.8 Å². The summed E-state index contributed by atoms with van der Waals surface area (Å²) in [5.74, 6) is -0.803. The molecule has 1 N–H and O–H groups in total. The highest BCUT2D eigenvalue weighted by molar-refractivity contribution is 7.92. The van der Waals surface area contributed by atoms with Gasteiger partial charge in [0.2, 0.25) is 11.8 Å². The highest BCUT2D eigenvalue weighted by Crippen LogP contribution is 2.29. The number of amides is 2. The first kappa shape index (κ1) is 31.2. The van der Waals surface area contributed by atoms with E-state index in [9.17, 15) is 18.0 Å². The first-order valence-corrected chi connectivity index (χ1v) is 15.1. The number of nitrogens with zero attached hydrogens (tertiary/aromatic N) is 2. The van der Waals surface area contributed by atoms with Crippen LogP contribution in [0.3, 0.4) is 0 Å². The fourth-order valence-corrected chi connectivity index (χ4v) is 5.93. The molecule has 0 heterocycles. The molecular weight excluding hydrogens is 546 g/mol. The molecule has 2 amide bonds. The van der Waals surface area contributed by atoms with Crippen molar-refractivity contribution in [3.8, 4) is 0 Å². The molecule has 0 aliphatic carbocycles. The quantitative estimate of drug-likeness (QED) is 0.323. The molecule has 0 aliphatic heterocycles. The average Bonchev–Trinajstić information content (AvgIpc) is 2.89. The summed E-state index contributed by atoms with van der Waals surface area (Å²) in [7, 11) is -4.15. The van der Waals surface area contributed by atoms with Crippen LogP contribution in [0.2, 0.25) is 5.02 Å². The number of benzene rings is 3. The smallest absolute Gasteiger partial charge is 0.264 e. The number of halogens is 1. The first-order valence-electron chi connectivity index (χ1n) is 13.2. The molecule has 0 spiro atoms. The van der Waals surface area contributed by atoms with E-state index < -0.39 is 34.1 Å². The van der Waals surface area contributed by atoms with Gasteiger partial charge in [-0.05, 0) is 82.0 Å². The Balaban J connectivity index is 2.10. The molecule has 3 aromatic rings. The number of nitrogens with one attached hydrogen (secondary N) is 1. The highest BCUT2D eigenvalue weighted by atomic mass is 35.5. The van der Waals surface area contributed by atoms with Gasteiger partial charge in [-0.3, -0.25) is 13.9 Å². The molecule has 3 aromatic carbocycles. The van der Waals surface area contributed by atoms with Crippen molar-refractivity contribution in [3.63, 3.8) is 0 Å². The summed E-state index contributed by atoms with van der Waals surface area (Å²) in [6.07, 6.45) is 0.349. The molecule has 0 unspecified atom stereocenters. The Kier molecular flexibility index (Phi) is 10.0. The van der Waals surface area contributed by atoms with Crippen LogP contribution in [0.25, 0.3) is 0 Å².